The zero-order valence-electron chi connectivity index (χ0n) is 48.7. The summed E-state index contributed by atoms with van der Waals surface area (Å²) in [6, 6.07) is 4.95. The second-order valence-corrected chi connectivity index (χ2v) is 24.5. The largest absolute Gasteiger partial charge is 0.460 e. The van der Waals surface area contributed by atoms with Crippen LogP contribution in [0.25, 0.3) is 0 Å². The molecule has 0 radical (unpaired) electrons. The van der Waals surface area contributed by atoms with Crippen molar-refractivity contribution in [1.29, 1.82) is 0 Å². The van der Waals surface area contributed by atoms with Crippen molar-refractivity contribution in [2.45, 2.75) is 196 Å². The van der Waals surface area contributed by atoms with Gasteiger partial charge in [0.05, 0.1) is 12.0 Å². The predicted octanol–water partition coefficient (Wildman–Crippen LogP) is 6.51. The van der Waals surface area contributed by atoms with Gasteiger partial charge < -0.3 is 35.1 Å². The number of hydrogen-bond acceptors (Lipinski definition) is 13. The van der Waals surface area contributed by atoms with Crippen LogP contribution in [0.2, 0.25) is 0 Å². The Labute approximate surface area is 451 Å². The molecule has 1 heterocycles. The number of ether oxygens (including phenoxy) is 3. The van der Waals surface area contributed by atoms with E-state index in [9.17, 15) is 47.9 Å². The fourth-order valence-electron chi connectivity index (χ4n) is 8.37. The van der Waals surface area contributed by atoms with Crippen molar-refractivity contribution < 1.29 is 62.2 Å². The summed E-state index contributed by atoms with van der Waals surface area (Å²) in [6.07, 6.45) is 2.09. The van der Waals surface area contributed by atoms with Gasteiger partial charge in [-0.2, -0.15) is 0 Å². The molecule has 19 heteroatoms. The van der Waals surface area contributed by atoms with Crippen LogP contribution in [-0.2, 0) is 62.8 Å². The lowest BCUT2D eigenvalue weighted by atomic mass is 9.76. The van der Waals surface area contributed by atoms with Crippen LogP contribution in [0.1, 0.15) is 155 Å². The molecule has 0 bridgehead atoms. The average molecular weight is 1070 g/mol. The Bertz CT molecular complexity index is 2310. The number of carbonyl (C=O) groups is 10. The standard InChI is InChI=1S/C57H88N6O13/c1-35(2)41(61(18)49(70)45(53(4,5)6)60-48(69)46(62(19)52(73)76-56(13,14)15)57(16,17)38-23-21-20-22-24-38)33-36(3)47(68)59-40(51(72)75-55(10,11)12)27-26-39(64)34-37(50(71)74-54(7,8)9)25-28-42(65)58-31-32-63-43(66)29-30-44(63)67/h20-24,29-30,33,35,37,40-41,45-46H,25-28,31-32,34H2,1-19H3,(H,58,65)(H,59,68)(H,60,69)/b36-33+/t37-,40+,41+,45+,46+/m0/s1. The fourth-order valence-corrected chi connectivity index (χ4v) is 8.37. The highest BCUT2D eigenvalue weighted by Gasteiger charge is 2.46. The number of carbonyl (C=O) groups excluding carboxylic acids is 10. The molecule has 0 unspecified atom stereocenters. The van der Waals surface area contributed by atoms with Crippen LogP contribution in [-0.4, -0.2) is 142 Å². The lowest BCUT2D eigenvalue weighted by Crippen LogP contribution is -2.63. The SMILES string of the molecule is C/C(=C\[C@H](C(C)C)N(C)C(=O)[C@@H](NC(=O)[C@@H](N(C)C(=O)OC(C)(C)C)C(C)(C)c1ccccc1)C(C)(C)C)C(=O)N[C@H](CCC(=O)C[C@H](CCC(=O)NCCN1C(=O)C=CC1=O)C(=O)OC(C)(C)C)C(=O)OC(C)(C)C. The first-order valence-electron chi connectivity index (χ1n) is 26.0. The molecular formula is C57H88N6O13. The van der Waals surface area contributed by atoms with E-state index >= 15 is 0 Å². The maximum atomic E-state index is 14.8. The molecule has 0 saturated carbocycles. The van der Waals surface area contributed by atoms with Gasteiger partial charge >= 0.3 is 18.0 Å². The normalized spacial score (nSPS) is 15.5. The number of Topliss-reactive ketones (excluding diaryl/α,β-unsaturated/α-hetero) is 1. The van der Waals surface area contributed by atoms with Crippen molar-refractivity contribution in [2.75, 3.05) is 27.2 Å². The summed E-state index contributed by atoms with van der Waals surface area (Å²) in [6.45, 7) is 29.4. The summed E-state index contributed by atoms with van der Waals surface area (Å²) in [5, 5.41) is 8.33. The Morgan fingerprint density at radius 1 is 0.684 bits per heavy atom. The van der Waals surface area contributed by atoms with Gasteiger partial charge in [-0.05, 0) is 99.0 Å². The van der Waals surface area contributed by atoms with E-state index in [1.54, 1.807) is 75.4 Å². The molecule has 19 nitrogen and oxygen atoms in total. The minimum atomic E-state index is -1.32. The smallest absolute Gasteiger partial charge is 0.410 e. The number of nitrogens with one attached hydrogen (secondary N) is 3. The van der Waals surface area contributed by atoms with Crippen molar-refractivity contribution in [2.24, 2.45) is 17.3 Å². The molecule has 2 rings (SSSR count). The van der Waals surface area contributed by atoms with E-state index in [0.29, 0.717) is 0 Å². The molecule has 1 aliphatic rings. The van der Waals surface area contributed by atoms with Gasteiger partial charge in [-0.15, -0.1) is 0 Å². The summed E-state index contributed by atoms with van der Waals surface area (Å²) in [7, 11) is 3.06. The molecule has 3 N–H and O–H groups in total. The molecule has 1 aromatic carbocycles. The number of amides is 7. The van der Waals surface area contributed by atoms with Gasteiger partial charge in [0, 0.05) is 69.6 Å². The third-order valence-corrected chi connectivity index (χ3v) is 12.4. The molecule has 1 aliphatic heterocycles. The summed E-state index contributed by atoms with van der Waals surface area (Å²) >= 11 is 0. The maximum Gasteiger partial charge on any atom is 0.410 e. The van der Waals surface area contributed by atoms with Crippen molar-refractivity contribution in [3.8, 4) is 0 Å². The zero-order valence-corrected chi connectivity index (χ0v) is 48.7. The number of ketones is 1. The summed E-state index contributed by atoms with van der Waals surface area (Å²) in [4.78, 5) is 138. The third kappa shape index (κ3) is 21.0. The monoisotopic (exact) mass is 1060 g/mol. The fraction of sp³-hybridized carbons (Fsp3) is 0.649. The van der Waals surface area contributed by atoms with Crippen molar-refractivity contribution in [1.82, 2.24) is 30.7 Å². The van der Waals surface area contributed by atoms with Gasteiger partial charge in [0.15, 0.2) is 0 Å². The highest BCUT2D eigenvalue weighted by molar-refractivity contribution is 6.12. The molecule has 1 aromatic rings. The zero-order chi connectivity index (χ0) is 58.5. The number of imide groups is 1. The van der Waals surface area contributed by atoms with Crippen molar-refractivity contribution in [3.05, 3.63) is 59.7 Å². The van der Waals surface area contributed by atoms with Crippen LogP contribution in [0.4, 0.5) is 4.79 Å². The van der Waals surface area contributed by atoms with Gasteiger partial charge in [0.1, 0.15) is 40.7 Å². The maximum absolute atomic E-state index is 14.8. The minimum absolute atomic E-state index is 0.0161. The number of nitrogens with zero attached hydrogens (tertiary/aromatic N) is 3. The molecule has 0 saturated heterocycles. The highest BCUT2D eigenvalue weighted by Crippen LogP contribution is 2.33. The van der Waals surface area contributed by atoms with E-state index in [1.165, 1.54) is 23.8 Å². The van der Waals surface area contributed by atoms with Crippen LogP contribution in [0.15, 0.2) is 54.1 Å². The Kier molecular flexibility index (Phi) is 23.4. The Hall–Kier alpha value is -6.40. The predicted molar refractivity (Wildman–Crippen MR) is 288 cm³/mol. The Morgan fingerprint density at radius 2 is 1.21 bits per heavy atom. The first kappa shape index (κ1) is 65.7. The molecule has 76 heavy (non-hydrogen) atoms. The van der Waals surface area contributed by atoms with Gasteiger partial charge in [-0.3, -0.25) is 48.2 Å². The molecule has 5 atom stereocenters. The molecule has 0 spiro atoms. The summed E-state index contributed by atoms with van der Waals surface area (Å²) in [5.74, 6) is -6.47. The molecular weight excluding hydrogens is 977 g/mol. The third-order valence-electron chi connectivity index (χ3n) is 12.4. The first-order chi connectivity index (χ1) is 34.7. The Balaban J connectivity index is 2.38. The van der Waals surface area contributed by atoms with E-state index in [4.69, 9.17) is 14.2 Å². The van der Waals surface area contributed by atoms with Crippen LogP contribution >= 0.6 is 0 Å². The first-order valence-corrected chi connectivity index (χ1v) is 26.0. The number of esters is 2. The molecule has 0 aromatic heterocycles. The molecule has 0 aliphatic carbocycles. The van der Waals surface area contributed by atoms with E-state index in [2.05, 4.69) is 16.0 Å². The Morgan fingerprint density at radius 3 is 1.71 bits per heavy atom. The lowest BCUT2D eigenvalue weighted by molar-refractivity contribution is -0.162. The van der Waals surface area contributed by atoms with E-state index in [1.807, 2.05) is 78.8 Å². The van der Waals surface area contributed by atoms with Crippen molar-refractivity contribution >= 4 is 59.3 Å². The van der Waals surface area contributed by atoms with Gasteiger partial charge in [-0.25, -0.2) is 9.59 Å². The van der Waals surface area contributed by atoms with Crippen LogP contribution in [0, 0.1) is 17.3 Å². The van der Waals surface area contributed by atoms with Gasteiger partial charge in [0.2, 0.25) is 23.6 Å². The number of rotatable bonds is 24. The number of benzene rings is 1. The summed E-state index contributed by atoms with van der Waals surface area (Å²) in [5.41, 5.74) is -3.67. The van der Waals surface area contributed by atoms with E-state index < -0.39 is 117 Å². The highest BCUT2D eigenvalue weighted by atomic mass is 16.6. The van der Waals surface area contributed by atoms with E-state index in [-0.39, 0.29) is 56.7 Å². The summed E-state index contributed by atoms with van der Waals surface area (Å²) < 4.78 is 16.9. The topological polar surface area (TPSA) is 244 Å². The quantitative estimate of drug-likeness (QED) is 0.0434. The van der Waals surface area contributed by atoms with Crippen molar-refractivity contribution in [3.63, 3.8) is 0 Å². The molecule has 424 valence electrons. The van der Waals surface area contributed by atoms with Crippen LogP contribution < -0.4 is 16.0 Å². The molecule has 0 fully saturated rings. The minimum Gasteiger partial charge on any atom is -0.460 e. The van der Waals surface area contributed by atoms with Crippen LogP contribution in [0.3, 0.4) is 0 Å². The average Bonchev–Trinajstić information content (AvgIpc) is 3.59. The lowest BCUT2D eigenvalue weighted by Gasteiger charge is -2.42. The number of likely N-dealkylation sites (N-methyl/N-ethyl adjacent to an activating group) is 2. The second-order valence-electron chi connectivity index (χ2n) is 24.5. The number of hydrogen-bond donors (Lipinski definition) is 3. The van der Waals surface area contributed by atoms with Gasteiger partial charge in [0.25, 0.3) is 11.8 Å². The van der Waals surface area contributed by atoms with E-state index in [0.717, 1.165) is 22.6 Å². The van der Waals surface area contributed by atoms with Crippen LogP contribution in [0.5, 0.6) is 0 Å². The second kappa shape index (κ2) is 27.1. The van der Waals surface area contributed by atoms with Gasteiger partial charge in [-0.1, -0.05) is 84.9 Å². The molecule has 7 amide bonds.